The minimum Gasteiger partial charge on any atom is -0.378 e. The Balaban J connectivity index is 1.97. The summed E-state index contributed by atoms with van der Waals surface area (Å²) in [5.74, 6) is 0.0209. The van der Waals surface area contributed by atoms with Crippen molar-refractivity contribution in [2.45, 2.75) is 26.8 Å². The molecule has 3 nitrogen and oxygen atoms in total. The van der Waals surface area contributed by atoms with E-state index >= 15 is 0 Å². The van der Waals surface area contributed by atoms with E-state index in [9.17, 15) is 4.79 Å². The molecule has 1 aromatic heterocycles. The third-order valence-corrected chi connectivity index (χ3v) is 4.89. The van der Waals surface area contributed by atoms with Crippen LogP contribution in [0.2, 0.25) is 0 Å². The van der Waals surface area contributed by atoms with Gasteiger partial charge in [0.2, 0.25) is 5.91 Å². The van der Waals surface area contributed by atoms with Gasteiger partial charge in [0.1, 0.15) is 0 Å². The smallest absolute Gasteiger partial charge is 0.226 e. The molecule has 0 aliphatic heterocycles. The largest absolute Gasteiger partial charge is 0.378 e. The zero-order valence-electron chi connectivity index (χ0n) is 12.3. The number of amides is 1. The highest BCUT2D eigenvalue weighted by atomic mass is 79.9. The molecule has 2 aromatic rings. The average molecular weight is 367 g/mol. The fourth-order valence-electron chi connectivity index (χ4n) is 1.82. The zero-order valence-corrected chi connectivity index (χ0v) is 14.7. The molecule has 2 N–H and O–H groups in total. The molecule has 0 fully saturated rings. The molecule has 1 atom stereocenters. The summed E-state index contributed by atoms with van der Waals surface area (Å²) in [6, 6.07) is 12.2. The third kappa shape index (κ3) is 4.58. The number of thiophene rings is 1. The van der Waals surface area contributed by atoms with Gasteiger partial charge in [0.05, 0.1) is 9.83 Å². The molecule has 0 saturated heterocycles. The first-order chi connectivity index (χ1) is 9.95. The quantitative estimate of drug-likeness (QED) is 0.755. The molecule has 0 aliphatic rings. The minimum atomic E-state index is -0.0138. The number of rotatable bonds is 5. The molecule has 0 radical (unpaired) electrons. The molecule has 2 rings (SSSR count). The summed E-state index contributed by atoms with van der Waals surface area (Å²) in [6.45, 7) is 5.89. The number of hydrogen-bond donors (Lipinski definition) is 2. The molecule has 21 heavy (non-hydrogen) atoms. The monoisotopic (exact) mass is 366 g/mol. The number of hydrogen-bond acceptors (Lipinski definition) is 3. The van der Waals surface area contributed by atoms with Gasteiger partial charge in [-0.15, -0.1) is 11.3 Å². The van der Waals surface area contributed by atoms with Crippen molar-refractivity contribution in [2.24, 2.45) is 5.92 Å². The molecule has 112 valence electrons. The van der Waals surface area contributed by atoms with Crippen LogP contribution in [0.15, 0.2) is 40.2 Å². The maximum Gasteiger partial charge on any atom is 0.226 e. The molecule has 0 bridgehead atoms. The van der Waals surface area contributed by atoms with E-state index in [0.717, 1.165) is 15.2 Å². The molecule has 0 saturated carbocycles. The molecule has 1 heterocycles. The lowest BCUT2D eigenvalue weighted by Gasteiger charge is -2.14. The van der Waals surface area contributed by atoms with Crippen molar-refractivity contribution >= 4 is 44.5 Å². The number of halogens is 1. The average Bonchev–Trinajstić information content (AvgIpc) is 2.87. The second-order valence-electron chi connectivity index (χ2n) is 5.23. The summed E-state index contributed by atoms with van der Waals surface area (Å²) in [5, 5.41) is 6.34. The predicted molar refractivity (Wildman–Crippen MR) is 94.0 cm³/mol. The number of benzene rings is 1. The van der Waals surface area contributed by atoms with E-state index < -0.39 is 0 Å². The van der Waals surface area contributed by atoms with Gasteiger partial charge in [-0.1, -0.05) is 13.8 Å². The van der Waals surface area contributed by atoms with Crippen LogP contribution in [-0.4, -0.2) is 5.91 Å². The van der Waals surface area contributed by atoms with E-state index in [-0.39, 0.29) is 17.9 Å². The third-order valence-electron chi connectivity index (χ3n) is 3.08. The predicted octanol–water partition coefficient (Wildman–Crippen LogP) is 5.28. The number of carbonyl (C=O) groups is 1. The summed E-state index contributed by atoms with van der Waals surface area (Å²) >= 11 is 5.21. The lowest BCUT2D eigenvalue weighted by atomic mass is 10.2. The van der Waals surface area contributed by atoms with Crippen molar-refractivity contribution < 1.29 is 4.79 Å². The van der Waals surface area contributed by atoms with Gasteiger partial charge in [0.25, 0.3) is 0 Å². The van der Waals surface area contributed by atoms with Crippen LogP contribution < -0.4 is 10.6 Å². The summed E-state index contributed by atoms with van der Waals surface area (Å²) in [6.07, 6.45) is 0. The van der Waals surface area contributed by atoms with Crippen LogP contribution >= 0.6 is 27.3 Å². The Bertz CT molecular complexity index is 607. The lowest BCUT2D eigenvalue weighted by Crippen LogP contribution is -2.17. The fourth-order valence-corrected chi connectivity index (χ4v) is 3.24. The lowest BCUT2D eigenvalue weighted by molar-refractivity contribution is -0.118. The molecule has 1 unspecified atom stereocenters. The second kappa shape index (κ2) is 7.09. The van der Waals surface area contributed by atoms with Crippen molar-refractivity contribution in [1.82, 2.24) is 0 Å². The first-order valence-electron chi connectivity index (χ1n) is 6.88. The highest BCUT2D eigenvalue weighted by molar-refractivity contribution is 9.11. The van der Waals surface area contributed by atoms with Gasteiger partial charge >= 0.3 is 0 Å². The van der Waals surface area contributed by atoms with Gasteiger partial charge in [0.15, 0.2) is 0 Å². The van der Waals surface area contributed by atoms with Crippen LogP contribution in [0.5, 0.6) is 0 Å². The maximum absolute atomic E-state index is 11.6. The van der Waals surface area contributed by atoms with Gasteiger partial charge in [-0.25, -0.2) is 0 Å². The van der Waals surface area contributed by atoms with Gasteiger partial charge in [-0.3, -0.25) is 4.79 Å². The Morgan fingerprint density at radius 2 is 1.67 bits per heavy atom. The molecule has 5 heteroatoms. The Morgan fingerprint density at radius 3 is 2.19 bits per heavy atom. The zero-order chi connectivity index (χ0) is 15.4. The van der Waals surface area contributed by atoms with Crippen LogP contribution in [0, 0.1) is 5.92 Å². The summed E-state index contributed by atoms with van der Waals surface area (Å²) in [4.78, 5) is 12.9. The first kappa shape index (κ1) is 16.0. The standard InChI is InChI=1S/C16H19BrN2OS/c1-10(2)16(20)19-13-6-4-12(5-7-13)18-11(3)14-8-9-15(17)21-14/h4-11,18H,1-3H3,(H,19,20). The minimum absolute atomic E-state index is 0.0138. The van der Waals surface area contributed by atoms with E-state index in [0.29, 0.717) is 0 Å². The highest BCUT2D eigenvalue weighted by Gasteiger charge is 2.09. The summed E-state index contributed by atoms with van der Waals surface area (Å²) in [7, 11) is 0. The van der Waals surface area contributed by atoms with Crippen LogP contribution in [0.3, 0.4) is 0 Å². The van der Waals surface area contributed by atoms with Gasteiger partial charge in [-0.2, -0.15) is 0 Å². The number of nitrogens with one attached hydrogen (secondary N) is 2. The Kier molecular flexibility index (Phi) is 5.42. The van der Waals surface area contributed by atoms with E-state index in [4.69, 9.17) is 0 Å². The van der Waals surface area contributed by atoms with E-state index in [1.54, 1.807) is 11.3 Å². The van der Waals surface area contributed by atoms with Crippen molar-refractivity contribution in [3.63, 3.8) is 0 Å². The first-order valence-corrected chi connectivity index (χ1v) is 8.49. The van der Waals surface area contributed by atoms with Crippen LogP contribution in [-0.2, 0) is 4.79 Å². The Labute approximate surface area is 137 Å². The molecular formula is C16H19BrN2OS. The van der Waals surface area contributed by atoms with Crippen molar-refractivity contribution in [3.8, 4) is 0 Å². The molecule has 0 spiro atoms. The van der Waals surface area contributed by atoms with Gasteiger partial charge in [-0.05, 0) is 59.3 Å². The molecular weight excluding hydrogens is 348 g/mol. The fraction of sp³-hybridized carbons (Fsp3) is 0.312. The van der Waals surface area contributed by atoms with Crippen molar-refractivity contribution in [2.75, 3.05) is 10.6 Å². The van der Waals surface area contributed by atoms with Crippen molar-refractivity contribution in [1.29, 1.82) is 0 Å². The summed E-state index contributed by atoms with van der Waals surface area (Å²) in [5.41, 5.74) is 1.86. The van der Waals surface area contributed by atoms with Crippen LogP contribution in [0.25, 0.3) is 0 Å². The molecule has 1 aromatic carbocycles. The van der Waals surface area contributed by atoms with Gasteiger partial charge < -0.3 is 10.6 Å². The van der Waals surface area contributed by atoms with E-state index in [1.165, 1.54) is 4.88 Å². The Morgan fingerprint density at radius 1 is 1.05 bits per heavy atom. The number of anilines is 2. The normalized spacial score (nSPS) is 12.2. The van der Waals surface area contributed by atoms with Crippen LogP contribution in [0.4, 0.5) is 11.4 Å². The topological polar surface area (TPSA) is 41.1 Å². The Hall–Kier alpha value is -1.33. The highest BCUT2D eigenvalue weighted by Crippen LogP contribution is 2.29. The molecule has 1 amide bonds. The molecule has 0 aliphatic carbocycles. The maximum atomic E-state index is 11.6. The number of carbonyl (C=O) groups excluding carboxylic acids is 1. The van der Waals surface area contributed by atoms with Gasteiger partial charge in [0, 0.05) is 22.2 Å². The van der Waals surface area contributed by atoms with E-state index in [2.05, 4.69) is 45.6 Å². The van der Waals surface area contributed by atoms with Crippen LogP contribution in [0.1, 0.15) is 31.7 Å². The second-order valence-corrected chi connectivity index (χ2v) is 7.72. The SMILES string of the molecule is CC(C)C(=O)Nc1ccc(NC(C)c2ccc(Br)s2)cc1. The van der Waals surface area contributed by atoms with Crippen molar-refractivity contribution in [3.05, 3.63) is 45.1 Å². The summed E-state index contributed by atoms with van der Waals surface area (Å²) < 4.78 is 1.14. The van der Waals surface area contributed by atoms with E-state index in [1.807, 2.05) is 38.1 Å².